The molecule has 6 nitrogen and oxygen atoms in total. The number of anilines is 1. The van der Waals surface area contributed by atoms with Crippen LogP contribution in [-0.2, 0) is 0 Å². The molecular formula is C26H20Cl3N5O. The van der Waals surface area contributed by atoms with E-state index in [-0.39, 0.29) is 11.1 Å². The van der Waals surface area contributed by atoms with E-state index in [1.807, 2.05) is 53.8 Å². The molecule has 0 unspecified atom stereocenters. The van der Waals surface area contributed by atoms with E-state index in [1.54, 1.807) is 42.5 Å². The molecule has 0 amide bonds. The van der Waals surface area contributed by atoms with E-state index in [0.717, 1.165) is 5.69 Å². The molecule has 2 aromatic heterocycles. The molecule has 0 atom stereocenters. The molecule has 0 N–H and O–H groups in total. The van der Waals surface area contributed by atoms with E-state index in [4.69, 9.17) is 44.8 Å². The molecule has 3 aromatic carbocycles. The van der Waals surface area contributed by atoms with Gasteiger partial charge in [0.1, 0.15) is 0 Å². The van der Waals surface area contributed by atoms with Crippen LogP contribution in [0.4, 0.5) is 5.95 Å². The smallest absolute Gasteiger partial charge is 0.286 e. The predicted octanol–water partition coefficient (Wildman–Crippen LogP) is 6.65. The van der Waals surface area contributed by atoms with Gasteiger partial charge in [-0.3, -0.25) is 13.9 Å². The fourth-order valence-electron chi connectivity index (χ4n) is 3.89. The summed E-state index contributed by atoms with van der Waals surface area (Å²) in [4.78, 5) is 25.7. The van der Waals surface area contributed by atoms with Crippen LogP contribution in [-0.4, -0.2) is 32.7 Å². The van der Waals surface area contributed by atoms with E-state index in [2.05, 4.69) is 0 Å². The number of aromatic nitrogens is 4. The van der Waals surface area contributed by atoms with Crippen LogP contribution in [0.2, 0.25) is 15.1 Å². The number of halogens is 3. The standard InChI is InChI=1S/C26H20Cl3N5O/c1-3-32(2)26-30-22-24(34(26)18-7-5-4-6-8-18)31-23(20-14-11-17(28)15-21(20)29)33(25(22)35)19-12-9-16(27)10-13-19/h4-15H,3H2,1-2H3. The molecule has 0 bridgehead atoms. The second-order valence-corrected chi connectivity index (χ2v) is 9.23. The number of hydrogen-bond donors (Lipinski definition) is 0. The second kappa shape index (κ2) is 9.38. The maximum atomic E-state index is 14.0. The number of nitrogens with zero attached hydrogens (tertiary/aromatic N) is 5. The fourth-order valence-corrected chi connectivity index (χ4v) is 4.51. The maximum absolute atomic E-state index is 14.0. The average molecular weight is 525 g/mol. The predicted molar refractivity (Wildman–Crippen MR) is 144 cm³/mol. The molecular weight excluding hydrogens is 505 g/mol. The summed E-state index contributed by atoms with van der Waals surface area (Å²) < 4.78 is 3.39. The van der Waals surface area contributed by atoms with Gasteiger partial charge in [0.15, 0.2) is 17.0 Å². The van der Waals surface area contributed by atoms with Crippen molar-refractivity contribution in [2.45, 2.75) is 6.92 Å². The molecule has 5 rings (SSSR count). The minimum absolute atomic E-state index is 0.243. The van der Waals surface area contributed by atoms with Gasteiger partial charge in [-0.1, -0.05) is 53.0 Å². The van der Waals surface area contributed by atoms with Gasteiger partial charge in [0.2, 0.25) is 5.95 Å². The molecule has 9 heteroatoms. The van der Waals surface area contributed by atoms with Crippen molar-refractivity contribution in [1.82, 2.24) is 19.1 Å². The number of fused-ring (bicyclic) bond motifs is 1. The molecule has 0 radical (unpaired) electrons. The van der Waals surface area contributed by atoms with Gasteiger partial charge < -0.3 is 4.90 Å². The quantitative estimate of drug-likeness (QED) is 0.258. The largest absolute Gasteiger partial charge is 0.345 e. The van der Waals surface area contributed by atoms with Crippen molar-refractivity contribution in [3.63, 3.8) is 0 Å². The zero-order valence-corrected chi connectivity index (χ0v) is 21.2. The molecule has 0 aliphatic rings. The number of hydrogen-bond acceptors (Lipinski definition) is 4. The third-order valence-electron chi connectivity index (χ3n) is 5.75. The summed E-state index contributed by atoms with van der Waals surface area (Å²) in [5.74, 6) is 0.981. The summed E-state index contributed by atoms with van der Waals surface area (Å²) in [5.41, 5.74) is 2.36. The highest BCUT2D eigenvalue weighted by Crippen LogP contribution is 2.32. The lowest BCUT2D eigenvalue weighted by molar-refractivity contribution is 0.883. The Morgan fingerprint density at radius 3 is 2.14 bits per heavy atom. The van der Waals surface area contributed by atoms with Gasteiger partial charge in [-0.15, -0.1) is 0 Å². The van der Waals surface area contributed by atoms with Gasteiger partial charge in [-0.05, 0) is 61.5 Å². The number of benzene rings is 3. The van der Waals surface area contributed by atoms with Crippen molar-refractivity contribution in [3.8, 4) is 22.8 Å². The first-order valence-electron chi connectivity index (χ1n) is 10.9. The Bertz CT molecular complexity index is 1590. The molecule has 0 saturated heterocycles. The van der Waals surface area contributed by atoms with Gasteiger partial charge in [0.25, 0.3) is 5.56 Å². The summed E-state index contributed by atoms with van der Waals surface area (Å²) in [5, 5.41) is 1.42. The first-order valence-corrected chi connectivity index (χ1v) is 12.1. The first-order chi connectivity index (χ1) is 16.9. The molecule has 0 aliphatic carbocycles. The molecule has 5 aromatic rings. The topological polar surface area (TPSA) is 56.0 Å². The van der Waals surface area contributed by atoms with Gasteiger partial charge in [-0.25, -0.2) is 9.97 Å². The average Bonchev–Trinajstić information content (AvgIpc) is 3.25. The van der Waals surface area contributed by atoms with E-state index < -0.39 is 0 Å². The summed E-state index contributed by atoms with van der Waals surface area (Å²) in [6.07, 6.45) is 0. The van der Waals surface area contributed by atoms with Crippen molar-refractivity contribution in [1.29, 1.82) is 0 Å². The SMILES string of the molecule is CCN(C)c1nc2c(=O)n(-c3ccc(Cl)cc3)c(-c3ccc(Cl)cc3Cl)nc2n1-c1ccccc1. The Labute approximate surface area is 216 Å². The first kappa shape index (κ1) is 23.4. The van der Waals surface area contributed by atoms with Crippen LogP contribution in [0.15, 0.2) is 77.6 Å². The van der Waals surface area contributed by atoms with E-state index in [1.165, 1.54) is 4.57 Å². The normalized spacial score (nSPS) is 11.2. The summed E-state index contributed by atoms with van der Waals surface area (Å²) in [7, 11) is 1.93. The molecule has 0 fully saturated rings. The van der Waals surface area contributed by atoms with Gasteiger partial charge in [0.05, 0.1) is 16.4 Å². The maximum Gasteiger partial charge on any atom is 0.286 e. The molecule has 35 heavy (non-hydrogen) atoms. The number of rotatable bonds is 5. The van der Waals surface area contributed by atoms with Crippen LogP contribution in [0.1, 0.15) is 6.92 Å². The molecule has 2 heterocycles. The highest BCUT2D eigenvalue weighted by Gasteiger charge is 2.24. The van der Waals surface area contributed by atoms with Gasteiger partial charge in [-0.2, -0.15) is 0 Å². The number of imidazole rings is 1. The van der Waals surface area contributed by atoms with Gasteiger partial charge in [0, 0.05) is 29.2 Å². The molecule has 0 saturated carbocycles. The second-order valence-electron chi connectivity index (χ2n) is 7.95. The minimum Gasteiger partial charge on any atom is -0.345 e. The van der Waals surface area contributed by atoms with E-state index in [0.29, 0.717) is 50.3 Å². The highest BCUT2D eigenvalue weighted by atomic mass is 35.5. The van der Waals surface area contributed by atoms with Crippen LogP contribution in [0.25, 0.3) is 33.9 Å². The summed E-state index contributed by atoms with van der Waals surface area (Å²) in [6, 6.07) is 21.8. The van der Waals surface area contributed by atoms with Crippen LogP contribution in [0.5, 0.6) is 0 Å². The van der Waals surface area contributed by atoms with Gasteiger partial charge >= 0.3 is 0 Å². The molecule has 0 spiro atoms. The highest BCUT2D eigenvalue weighted by molar-refractivity contribution is 6.36. The molecule has 176 valence electrons. The van der Waals surface area contributed by atoms with Crippen molar-refractivity contribution < 1.29 is 0 Å². The van der Waals surface area contributed by atoms with Crippen LogP contribution in [0.3, 0.4) is 0 Å². The Morgan fingerprint density at radius 2 is 1.49 bits per heavy atom. The van der Waals surface area contributed by atoms with Crippen molar-refractivity contribution in [3.05, 3.63) is 98.2 Å². The van der Waals surface area contributed by atoms with Crippen LogP contribution in [0, 0.1) is 0 Å². The fraction of sp³-hybridized carbons (Fsp3) is 0.115. The zero-order valence-electron chi connectivity index (χ0n) is 18.9. The summed E-state index contributed by atoms with van der Waals surface area (Å²) >= 11 is 18.9. The Balaban J connectivity index is 1.93. The lowest BCUT2D eigenvalue weighted by Gasteiger charge is -2.18. The molecule has 0 aliphatic heterocycles. The zero-order chi connectivity index (χ0) is 24.7. The minimum atomic E-state index is -0.321. The lowest BCUT2D eigenvalue weighted by atomic mass is 10.2. The lowest BCUT2D eigenvalue weighted by Crippen LogP contribution is -2.22. The van der Waals surface area contributed by atoms with Crippen molar-refractivity contribution in [2.24, 2.45) is 0 Å². The Kier molecular flexibility index (Phi) is 6.28. The van der Waals surface area contributed by atoms with E-state index >= 15 is 0 Å². The van der Waals surface area contributed by atoms with Crippen LogP contribution < -0.4 is 10.5 Å². The third kappa shape index (κ3) is 4.18. The monoisotopic (exact) mass is 523 g/mol. The van der Waals surface area contributed by atoms with Crippen LogP contribution >= 0.6 is 34.8 Å². The number of para-hydroxylation sites is 1. The Hall–Kier alpha value is -3.32. The Morgan fingerprint density at radius 1 is 0.829 bits per heavy atom. The third-order valence-corrected chi connectivity index (χ3v) is 6.55. The summed E-state index contributed by atoms with van der Waals surface area (Å²) in [6.45, 7) is 2.71. The van der Waals surface area contributed by atoms with Crippen molar-refractivity contribution >= 4 is 51.9 Å². The van der Waals surface area contributed by atoms with E-state index in [9.17, 15) is 4.79 Å². The van der Waals surface area contributed by atoms with Crippen molar-refractivity contribution in [2.75, 3.05) is 18.5 Å².